The largest absolute Gasteiger partial charge is 0.444 e. The van der Waals surface area contributed by atoms with E-state index in [2.05, 4.69) is 5.32 Å². The van der Waals surface area contributed by atoms with Gasteiger partial charge < -0.3 is 10.1 Å². The molecule has 0 aliphatic carbocycles. The predicted molar refractivity (Wildman–Crippen MR) is 85.4 cm³/mol. The summed E-state index contributed by atoms with van der Waals surface area (Å²) in [5, 5.41) is 2.79. The number of carbonyl (C=O) groups excluding carboxylic acids is 3. The minimum atomic E-state index is -0.542. The molecule has 0 unspecified atom stereocenters. The zero-order valence-corrected chi connectivity index (χ0v) is 14.7. The Morgan fingerprint density at radius 1 is 1.05 bits per heavy atom. The summed E-state index contributed by atoms with van der Waals surface area (Å²) in [6.45, 7) is 10.6. The number of hydrogen-bond acceptors (Lipinski definition) is 5. The zero-order chi connectivity index (χ0) is 16.7. The van der Waals surface area contributed by atoms with E-state index in [4.69, 9.17) is 4.74 Å². The maximum absolute atomic E-state index is 11.7. The van der Waals surface area contributed by atoms with Gasteiger partial charge in [0, 0.05) is 31.1 Å². The quantitative estimate of drug-likeness (QED) is 0.780. The van der Waals surface area contributed by atoms with E-state index in [1.165, 1.54) is 6.92 Å². The Kier molecular flexibility index (Phi) is 8.00. The summed E-state index contributed by atoms with van der Waals surface area (Å²) in [6.07, 6.45) is 0.816. The molecule has 0 aliphatic heterocycles. The Labute approximate surface area is 131 Å². The van der Waals surface area contributed by atoms with Crippen LogP contribution in [-0.4, -0.2) is 33.9 Å². The van der Waals surface area contributed by atoms with Gasteiger partial charge in [0.15, 0.2) is 5.12 Å². The number of ketones is 1. The number of carbonyl (C=O) groups is 3. The summed E-state index contributed by atoms with van der Waals surface area (Å²) in [7, 11) is 0. The molecule has 0 bridgehead atoms. The molecule has 122 valence electrons. The molecule has 0 saturated heterocycles. The lowest BCUT2D eigenvalue weighted by Gasteiger charge is -2.28. The molecule has 0 saturated carbocycles. The SMILES string of the molecule is CC(=O)SCCC(=O)CCC(C)(C)NC(=O)OC(C)(C)C. The monoisotopic (exact) mass is 317 g/mol. The first kappa shape index (κ1) is 20.0. The van der Waals surface area contributed by atoms with Gasteiger partial charge in [0.2, 0.25) is 0 Å². The molecular weight excluding hydrogens is 290 g/mol. The van der Waals surface area contributed by atoms with Crippen molar-refractivity contribution >= 4 is 28.8 Å². The van der Waals surface area contributed by atoms with Crippen molar-refractivity contribution in [2.75, 3.05) is 5.75 Å². The van der Waals surface area contributed by atoms with Crippen molar-refractivity contribution in [1.29, 1.82) is 0 Å². The van der Waals surface area contributed by atoms with Crippen LogP contribution in [0.5, 0.6) is 0 Å². The fourth-order valence-corrected chi connectivity index (χ4v) is 2.15. The Hall–Kier alpha value is -1.04. The smallest absolute Gasteiger partial charge is 0.408 e. The molecular formula is C15H27NO4S. The lowest BCUT2D eigenvalue weighted by Crippen LogP contribution is -2.46. The van der Waals surface area contributed by atoms with E-state index in [1.807, 2.05) is 13.8 Å². The molecule has 0 aromatic carbocycles. The van der Waals surface area contributed by atoms with Gasteiger partial charge in [-0.05, 0) is 41.0 Å². The van der Waals surface area contributed by atoms with Crippen LogP contribution in [0, 0.1) is 0 Å². The zero-order valence-electron chi connectivity index (χ0n) is 13.9. The first-order valence-corrected chi connectivity index (χ1v) is 8.06. The molecule has 0 aromatic heterocycles. The second-order valence-electron chi connectivity index (χ2n) is 6.64. The van der Waals surface area contributed by atoms with Gasteiger partial charge in [-0.1, -0.05) is 11.8 Å². The molecule has 0 heterocycles. The van der Waals surface area contributed by atoms with E-state index in [1.54, 1.807) is 20.8 Å². The van der Waals surface area contributed by atoms with Crippen LogP contribution >= 0.6 is 11.8 Å². The van der Waals surface area contributed by atoms with Gasteiger partial charge in [0.25, 0.3) is 0 Å². The van der Waals surface area contributed by atoms with Crippen molar-refractivity contribution in [1.82, 2.24) is 5.32 Å². The van der Waals surface area contributed by atoms with Crippen molar-refractivity contribution in [2.24, 2.45) is 0 Å². The van der Waals surface area contributed by atoms with Gasteiger partial charge in [0.1, 0.15) is 11.4 Å². The van der Waals surface area contributed by atoms with Crippen LogP contribution in [0.25, 0.3) is 0 Å². The van der Waals surface area contributed by atoms with Crippen molar-refractivity contribution in [3.05, 3.63) is 0 Å². The standard InChI is InChI=1S/C15H27NO4S/c1-11(17)21-10-8-12(18)7-9-15(5,6)16-13(19)20-14(2,3)4/h7-10H2,1-6H3,(H,16,19). The first-order chi connectivity index (χ1) is 9.41. The number of alkyl carbamates (subject to hydrolysis) is 1. The number of rotatable bonds is 7. The van der Waals surface area contributed by atoms with Crippen LogP contribution in [0.15, 0.2) is 0 Å². The van der Waals surface area contributed by atoms with Gasteiger partial charge in [-0.25, -0.2) is 4.79 Å². The number of ether oxygens (including phenoxy) is 1. The molecule has 0 radical (unpaired) electrons. The summed E-state index contributed by atoms with van der Waals surface area (Å²) >= 11 is 1.16. The fraction of sp³-hybridized carbons (Fsp3) is 0.800. The molecule has 5 nitrogen and oxygen atoms in total. The molecule has 1 amide bonds. The van der Waals surface area contributed by atoms with E-state index in [0.717, 1.165) is 11.8 Å². The highest BCUT2D eigenvalue weighted by atomic mass is 32.2. The number of hydrogen-bond donors (Lipinski definition) is 1. The summed E-state index contributed by atoms with van der Waals surface area (Å²) in [4.78, 5) is 34.2. The van der Waals surface area contributed by atoms with E-state index in [0.29, 0.717) is 25.0 Å². The van der Waals surface area contributed by atoms with Crippen molar-refractivity contribution < 1.29 is 19.1 Å². The lowest BCUT2D eigenvalue weighted by atomic mass is 9.96. The van der Waals surface area contributed by atoms with E-state index in [9.17, 15) is 14.4 Å². The molecule has 0 aromatic rings. The molecule has 0 rings (SSSR count). The van der Waals surface area contributed by atoms with Crippen LogP contribution < -0.4 is 5.32 Å². The molecule has 21 heavy (non-hydrogen) atoms. The molecule has 0 spiro atoms. The Balaban J connectivity index is 4.09. The Morgan fingerprint density at radius 2 is 1.62 bits per heavy atom. The van der Waals surface area contributed by atoms with Crippen LogP contribution in [-0.2, 0) is 14.3 Å². The summed E-state index contributed by atoms with van der Waals surface area (Å²) < 4.78 is 5.20. The van der Waals surface area contributed by atoms with Crippen LogP contribution in [0.1, 0.15) is 60.8 Å². The third-order valence-corrected chi connectivity index (χ3v) is 3.37. The maximum atomic E-state index is 11.7. The normalized spacial score (nSPS) is 11.9. The van der Waals surface area contributed by atoms with E-state index >= 15 is 0 Å². The average molecular weight is 317 g/mol. The number of amides is 1. The summed E-state index contributed by atoms with van der Waals surface area (Å²) in [6, 6.07) is 0. The molecule has 6 heteroatoms. The minimum absolute atomic E-state index is 0.0229. The number of thioether (sulfide) groups is 1. The van der Waals surface area contributed by atoms with Crippen molar-refractivity contribution in [3.8, 4) is 0 Å². The van der Waals surface area contributed by atoms with Crippen LogP contribution in [0.3, 0.4) is 0 Å². The highest BCUT2D eigenvalue weighted by molar-refractivity contribution is 8.13. The fourth-order valence-electron chi connectivity index (χ4n) is 1.53. The molecule has 0 atom stereocenters. The Bertz CT molecular complexity index is 386. The van der Waals surface area contributed by atoms with Crippen LogP contribution in [0.4, 0.5) is 4.79 Å². The van der Waals surface area contributed by atoms with Crippen LogP contribution in [0.2, 0.25) is 0 Å². The molecule has 0 fully saturated rings. The molecule has 0 aliphatic rings. The summed E-state index contributed by atoms with van der Waals surface area (Å²) in [5.41, 5.74) is -1.05. The van der Waals surface area contributed by atoms with Gasteiger partial charge in [-0.15, -0.1) is 0 Å². The topological polar surface area (TPSA) is 72.5 Å². The summed E-state index contributed by atoms with van der Waals surface area (Å²) in [5.74, 6) is 0.622. The predicted octanol–water partition coefficient (Wildman–Crippen LogP) is 3.31. The Morgan fingerprint density at radius 3 is 2.10 bits per heavy atom. The molecule has 1 N–H and O–H groups in total. The van der Waals surface area contributed by atoms with Crippen molar-refractivity contribution in [3.63, 3.8) is 0 Å². The average Bonchev–Trinajstić information content (AvgIpc) is 2.22. The van der Waals surface area contributed by atoms with E-state index in [-0.39, 0.29) is 10.9 Å². The second kappa shape index (κ2) is 8.41. The van der Waals surface area contributed by atoms with Gasteiger partial charge in [0.05, 0.1) is 0 Å². The minimum Gasteiger partial charge on any atom is -0.444 e. The first-order valence-electron chi connectivity index (χ1n) is 7.07. The highest BCUT2D eigenvalue weighted by Gasteiger charge is 2.25. The maximum Gasteiger partial charge on any atom is 0.408 e. The third kappa shape index (κ3) is 12.4. The van der Waals surface area contributed by atoms with Gasteiger partial charge >= 0.3 is 6.09 Å². The third-order valence-electron chi connectivity index (χ3n) is 2.55. The van der Waals surface area contributed by atoms with Crippen molar-refractivity contribution in [2.45, 2.75) is 71.9 Å². The van der Waals surface area contributed by atoms with E-state index < -0.39 is 17.2 Å². The highest BCUT2D eigenvalue weighted by Crippen LogP contribution is 2.15. The lowest BCUT2D eigenvalue weighted by molar-refractivity contribution is -0.119. The second-order valence-corrected chi connectivity index (χ2v) is 7.91. The number of Topliss-reactive ketones (excluding diaryl/α,β-unsaturated/α-hetero) is 1. The van der Waals surface area contributed by atoms with Gasteiger partial charge in [-0.2, -0.15) is 0 Å². The number of nitrogens with one attached hydrogen (secondary N) is 1. The van der Waals surface area contributed by atoms with Gasteiger partial charge in [-0.3, -0.25) is 9.59 Å².